The highest BCUT2D eigenvalue weighted by molar-refractivity contribution is 8.00. The van der Waals surface area contributed by atoms with Gasteiger partial charge in [-0.2, -0.15) is 17.9 Å². The van der Waals surface area contributed by atoms with Crippen LogP contribution in [0.5, 0.6) is 5.75 Å². The summed E-state index contributed by atoms with van der Waals surface area (Å²) in [6.45, 7) is 1.61. The zero-order valence-corrected chi connectivity index (χ0v) is 16.2. The largest absolute Gasteiger partial charge is 0.497 e. The molecule has 1 N–H and O–H groups in total. The molecule has 3 rings (SSSR count). The van der Waals surface area contributed by atoms with Crippen LogP contribution in [0.4, 0.5) is 18.9 Å². The van der Waals surface area contributed by atoms with Crippen molar-refractivity contribution in [3.8, 4) is 11.4 Å². The van der Waals surface area contributed by atoms with Crippen LogP contribution in [0, 0.1) is 0 Å². The van der Waals surface area contributed by atoms with Gasteiger partial charge in [-0.25, -0.2) is 0 Å². The Labute approximate surface area is 168 Å². The van der Waals surface area contributed by atoms with E-state index in [1.165, 1.54) is 16.8 Å². The Hall–Kier alpha value is -3.08. The van der Waals surface area contributed by atoms with Crippen molar-refractivity contribution >= 4 is 23.4 Å². The third kappa shape index (κ3) is 5.05. The van der Waals surface area contributed by atoms with Gasteiger partial charge < -0.3 is 10.1 Å². The standard InChI is InChI=1S/C18H16F3N5O2S/c1-11(16(27)22-13-5-3-4-12(10-13)18(19,20)21)29-17-23-24-25-26(17)14-6-8-15(28-2)9-7-14/h3-11H,1-2H3,(H,22,27). The molecule has 0 spiro atoms. The Balaban J connectivity index is 1.70. The molecule has 152 valence electrons. The molecule has 11 heteroatoms. The lowest BCUT2D eigenvalue weighted by Crippen LogP contribution is -2.23. The molecule has 0 radical (unpaired) electrons. The average molecular weight is 423 g/mol. The summed E-state index contributed by atoms with van der Waals surface area (Å²) in [6.07, 6.45) is -4.48. The number of rotatable bonds is 6. The number of ether oxygens (including phenoxy) is 1. The molecule has 0 saturated heterocycles. The molecule has 0 bridgehead atoms. The monoisotopic (exact) mass is 423 g/mol. The van der Waals surface area contributed by atoms with Gasteiger partial charge in [0.05, 0.1) is 23.6 Å². The van der Waals surface area contributed by atoms with Crippen molar-refractivity contribution in [2.24, 2.45) is 0 Å². The Kier molecular flexibility index (Phi) is 6.06. The fourth-order valence-electron chi connectivity index (χ4n) is 2.37. The predicted molar refractivity (Wildman–Crippen MR) is 101 cm³/mol. The number of thioether (sulfide) groups is 1. The normalized spacial score (nSPS) is 12.4. The molecule has 0 aliphatic carbocycles. The van der Waals surface area contributed by atoms with Gasteiger partial charge >= 0.3 is 6.18 Å². The smallest absolute Gasteiger partial charge is 0.416 e. The summed E-state index contributed by atoms with van der Waals surface area (Å²) in [4.78, 5) is 12.4. The van der Waals surface area contributed by atoms with Gasteiger partial charge in [0, 0.05) is 5.69 Å². The van der Waals surface area contributed by atoms with Crippen molar-refractivity contribution < 1.29 is 22.7 Å². The van der Waals surface area contributed by atoms with Crippen LogP contribution >= 0.6 is 11.8 Å². The molecular weight excluding hydrogens is 407 g/mol. The van der Waals surface area contributed by atoms with Crippen LogP contribution in [0.15, 0.2) is 53.7 Å². The Morgan fingerprint density at radius 2 is 1.93 bits per heavy atom. The van der Waals surface area contributed by atoms with E-state index in [0.717, 1.165) is 23.9 Å². The minimum Gasteiger partial charge on any atom is -0.497 e. The first-order chi connectivity index (χ1) is 13.8. The lowest BCUT2D eigenvalue weighted by Gasteiger charge is -2.13. The second-order valence-electron chi connectivity index (χ2n) is 5.90. The van der Waals surface area contributed by atoms with Crippen LogP contribution in [0.1, 0.15) is 12.5 Å². The second kappa shape index (κ2) is 8.52. The molecule has 0 saturated carbocycles. The summed E-state index contributed by atoms with van der Waals surface area (Å²) in [6, 6.07) is 11.5. The number of nitrogens with one attached hydrogen (secondary N) is 1. The number of tetrazole rings is 1. The lowest BCUT2D eigenvalue weighted by atomic mass is 10.2. The minimum absolute atomic E-state index is 0.0621. The van der Waals surface area contributed by atoms with Gasteiger partial charge in [-0.05, 0) is 59.8 Å². The van der Waals surface area contributed by atoms with Crippen molar-refractivity contribution in [1.82, 2.24) is 20.2 Å². The van der Waals surface area contributed by atoms with E-state index in [2.05, 4.69) is 20.8 Å². The number of halogens is 3. The number of anilines is 1. The fourth-order valence-corrected chi connectivity index (χ4v) is 3.17. The van der Waals surface area contributed by atoms with Gasteiger partial charge in [-0.15, -0.1) is 5.10 Å². The first-order valence-corrected chi connectivity index (χ1v) is 9.23. The molecule has 1 heterocycles. The molecule has 0 aliphatic rings. The van der Waals surface area contributed by atoms with E-state index in [9.17, 15) is 18.0 Å². The molecule has 0 fully saturated rings. The van der Waals surface area contributed by atoms with E-state index in [0.29, 0.717) is 16.6 Å². The molecule has 0 aliphatic heterocycles. The maximum atomic E-state index is 12.8. The fraction of sp³-hybridized carbons (Fsp3) is 0.222. The third-order valence-electron chi connectivity index (χ3n) is 3.87. The van der Waals surface area contributed by atoms with Gasteiger partial charge in [0.2, 0.25) is 11.1 Å². The van der Waals surface area contributed by atoms with Crippen molar-refractivity contribution in [3.63, 3.8) is 0 Å². The van der Waals surface area contributed by atoms with Crippen molar-refractivity contribution in [3.05, 3.63) is 54.1 Å². The first kappa shape index (κ1) is 20.6. The predicted octanol–water partition coefficient (Wildman–Crippen LogP) is 3.81. The highest BCUT2D eigenvalue weighted by Gasteiger charge is 2.30. The average Bonchev–Trinajstić information content (AvgIpc) is 3.15. The number of alkyl halides is 3. The van der Waals surface area contributed by atoms with Crippen LogP contribution in [0.2, 0.25) is 0 Å². The first-order valence-electron chi connectivity index (χ1n) is 8.35. The molecule has 1 unspecified atom stereocenters. The highest BCUT2D eigenvalue weighted by Crippen LogP contribution is 2.31. The second-order valence-corrected chi connectivity index (χ2v) is 7.21. The van der Waals surface area contributed by atoms with Gasteiger partial charge in [-0.1, -0.05) is 17.8 Å². The summed E-state index contributed by atoms with van der Waals surface area (Å²) in [5, 5.41) is 13.7. The third-order valence-corrected chi connectivity index (χ3v) is 4.90. The Morgan fingerprint density at radius 3 is 2.59 bits per heavy atom. The van der Waals surface area contributed by atoms with Crippen molar-refractivity contribution in [2.75, 3.05) is 12.4 Å². The molecule has 7 nitrogen and oxygen atoms in total. The minimum atomic E-state index is -4.48. The number of carbonyl (C=O) groups is 1. The maximum absolute atomic E-state index is 12.8. The SMILES string of the molecule is COc1ccc(-n2nnnc2SC(C)C(=O)Nc2cccc(C(F)(F)F)c2)cc1. The van der Waals surface area contributed by atoms with Crippen LogP contribution in [0.25, 0.3) is 5.69 Å². The van der Waals surface area contributed by atoms with Crippen molar-refractivity contribution in [1.29, 1.82) is 0 Å². The van der Waals surface area contributed by atoms with Gasteiger partial charge in [-0.3, -0.25) is 4.79 Å². The van der Waals surface area contributed by atoms with Gasteiger partial charge in [0.1, 0.15) is 5.75 Å². The van der Waals surface area contributed by atoms with E-state index in [-0.39, 0.29) is 5.69 Å². The Bertz CT molecular complexity index is 992. The number of benzene rings is 2. The molecule has 29 heavy (non-hydrogen) atoms. The molecule has 3 aromatic rings. The summed E-state index contributed by atoms with van der Waals surface area (Å²) in [5.74, 6) is 0.198. The maximum Gasteiger partial charge on any atom is 0.416 e. The van der Waals surface area contributed by atoms with E-state index < -0.39 is 22.9 Å². The number of carbonyl (C=O) groups excluding carboxylic acids is 1. The summed E-state index contributed by atoms with van der Waals surface area (Å²) < 4.78 is 45.0. The molecule has 1 aromatic heterocycles. The van der Waals surface area contributed by atoms with Crippen LogP contribution in [-0.2, 0) is 11.0 Å². The quantitative estimate of drug-likeness (QED) is 0.608. The molecule has 1 atom stereocenters. The summed E-state index contributed by atoms with van der Waals surface area (Å²) in [7, 11) is 1.55. The number of methoxy groups -OCH3 is 1. The summed E-state index contributed by atoms with van der Waals surface area (Å²) >= 11 is 1.08. The van der Waals surface area contributed by atoms with Crippen LogP contribution in [0.3, 0.4) is 0 Å². The number of hydrogen-bond donors (Lipinski definition) is 1. The Morgan fingerprint density at radius 1 is 1.21 bits per heavy atom. The van der Waals surface area contributed by atoms with E-state index in [1.807, 2.05) is 0 Å². The number of hydrogen-bond acceptors (Lipinski definition) is 6. The number of nitrogens with zero attached hydrogens (tertiary/aromatic N) is 4. The molecule has 1 amide bonds. The molecular formula is C18H16F3N5O2S. The number of amides is 1. The highest BCUT2D eigenvalue weighted by atomic mass is 32.2. The lowest BCUT2D eigenvalue weighted by molar-refractivity contribution is -0.137. The molecule has 2 aromatic carbocycles. The van der Waals surface area contributed by atoms with E-state index in [1.54, 1.807) is 38.3 Å². The topological polar surface area (TPSA) is 81.9 Å². The van der Waals surface area contributed by atoms with E-state index in [4.69, 9.17) is 4.74 Å². The van der Waals surface area contributed by atoms with Crippen molar-refractivity contribution in [2.45, 2.75) is 23.5 Å². The zero-order chi connectivity index (χ0) is 21.0. The van der Waals surface area contributed by atoms with E-state index >= 15 is 0 Å². The summed E-state index contributed by atoms with van der Waals surface area (Å²) in [5.41, 5.74) is -0.102. The van der Waals surface area contributed by atoms with Gasteiger partial charge in [0.25, 0.3) is 0 Å². The zero-order valence-electron chi connectivity index (χ0n) is 15.3. The van der Waals surface area contributed by atoms with Gasteiger partial charge in [0.15, 0.2) is 0 Å². The number of aromatic nitrogens is 4. The van der Waals surface area contributed by atoms with Crippen LogP contribution in [-0.4, -0.2) is 38.5 Å². The van der Waals surface area contributed by atoms with Crippen LogP contribution < -0.4 is 10.1 Å².